The zero-order valence-electron chi connectivity index (χ0n) is 12.2. The topological polar surface area (TPSA) is 64.1 Å². The number of amides is 1. The fraction of sp³-hybridized carbons (Fsp3) is 0.0625. The zero-order chi connectivity index (χ0) is 16.9. The molecule has 3 aromatic heterocycles. The standard InChI is InChI=1S/C16H11Br2N3O2S/c17-11-8-13(24-14(11)18)16(22)21-15-12(2-1-5-20-15)23-9-10-3-6-19-7-4-10/h1-8H,9H2,(H,20,21,22). The molecule has 0 spiro atoms. The Bertz CT molecular complexity index is 836. The Kier molecular flexibility index (Phi) is 5.60. The number of nitrogens with one attached hydrogen (secondary N) is 1. The third kappa shape index (κ3) is 4.19. The van der Waals surface area contributed by atoms with Gasteiger partial charge in [-0.2, -0.15) is 0 Å². The van der Waals surface area contributed by atoms with Gasteiger partial charge in [-0.05, 0) is 67.8 Å². The molecule has 0 unspecified atom stereocenters. The maximum atomic E-state index is 12.4. The first kappa shape index (κ1) is 17.1. The quantitative estimate of drug-likeness (QED) is 0.578. The Morgan fingerprint density at radius 3 is 2.71 bits per heavy atom. The van der Waals surface area contributed by atoms with E-state index >= 15 is 0 Å². The summed E-state index contributed by atoms with van der Waals surface area (Å²) in [6, 6.07) is 9.02. The smallest absolute Gasteiger partial charge is 0.267 e. The number of pyridine rings is 2. The van der Waals surface area contributed by atoms with Crippen molar-refractivity contribution in [2.75, 3.05) is 5.32 Å². The minimum Gasteiger partial charge on any atom is -0.485 e. The van der Waals surface area contributed by atoms with Crippen molar-refractivity contribution in [3.05, 3.63) is 67.6 Å². The van der Waals surface area contributed by atoms with Crippen molar-refractivity contribution < 1.29 is 9.53 Å². The first-order valence-corrected chi connectivity index (χ1v) is 9.26. The molecule has 0 atom stereocenters. The van der Waals surface area contributed by atoms with E-state index < -0.39 is 0 Å². The van der Waals surface area contributed by atoms with Gasteiger partial charge in [-0.15, -0.1) is 11.3 Å². The first-order chi connectivity index (χ1) is 11.6. The number of carbonyl (C=O) groups excluding carboxylic acids is 1. The van der Waals surface area contributed by atoms with Crippen LogP contribution in [0.5, 0.6) is 5.75 Å². The lowest BCUT2D eigenvalue weighted by atomic mass is 10.3. The van der Waals surface area contributed by atoms with E-state index in [9.17, 15) is 4.79 Å². The van der Waals surface area contributed by atoms with Gasteiger partial charge in [-0.1, -0.05) is 0 Å². The van der Waals surface area contributed by atoms with Crippen molar-refractivity contribution in [3.8, 4) is 5.75 Å². The average Bonchev–Trinajstić information content (AvgIpc) is 2.94. The van der Waals surface area contributed by atoms with Gasteiger partial charge in [-0.3, -0.25) is 9.78 Å². The largest absolute Gasteiger partial charge is 0.485 e. The average molecular weight is 469 g/mol. The number of hydrogen-bond donors (Lipinski definition) is 1. The summed E-state index contributed by atoms with van der Waals surface area (Å²) in [4.78, 5) is 21.1. The van der Waals surface area contributed by atoms with Crippen LogP contribution in [-0.2, 0) is 6.61 Å². The third-order valence-electron chi connectivity index (χ3n) is 3.02. The number of carbonyl (C=O) groups is 1. The Balaban J connectivity index is 1.73. The number of aromatic nitrogens is 2. The predicted octanol–water partition coefficient (Wildman–Crippen LogP) is 4.89. The molecule has 0 aliphatic heterocycles. The fourth-order valence-electron chi connectivity index (χ4n) is 1.87. The van der Waals surface area contributed by atoms with Crippen LogP contribution in [0.25, 0.3) is 0 Å². The normalized spacial score (nSPS) is 10.4. The fourth-order valence-corrected chi connectivity index (χ4v) is 3.80. The highest BCUT2D eigenvalue weighted by molar-refractivity contribution is 9.13. The lowest BCUT2D eigenvalue weighted by molar-refractivity contribution is 0.102. The van der Waals surface area contributed by atoms with Crippen LogP contribution in [0.3, 0.4) is 0 Å². The minimum absolute atomic E-state index is 0.237. The molecule has 0 saturated carbocycles. The summed E-state index contributed by atoms with van der Waals surface area (Å²) in [6.07, 6.45) is 5.02. The van der Waals surface area contributed by atoms with Gasteiger partial charge in [0, 0.05) is 23.1 Å². The van der Waals surface area contributed by atoms with Crippen LogP contribution in [0.1, 0.15) is 15.2 Å². The summed E-state index contributed by atoms with van der Waals surface area (Å²) >= 11 is 8.09. The van der Waals surface area contributed by atoms with Crippen molar-refractivity contribution in [2.24, 2.45) is 0 Å². The number of hydrogen-bond acceptors (Lipinski definition) is 5. The molecule has 3 heterocycles. The lowest BCUT2D eigenvalue weighted by Gasteiger charge is -2.11. The van der Waals surface area contributed by atoms with Crippen LogP contribution in [0, 0.1) is 0 Å². The summed E-state index contributed by atoms with van der Waals surface area (Å²) in [7, 11) is 0. The molecule has 1 N–H and O–H groups in total. The molecule has 5 nitrogen and oxygen atoms in total. The Hall–Kier alpha value is -1.77. The molecular formula is C16H11Br2N3O2S. The van der Waals surface area contributed by atoms with Gasteiger partial charge >= 0.3 is 0 Å². The number of anilines is 1. The van der Waals surface area contributed by atoms with Gasteiger partial charge < -0.3 is 10.1 Å². The van der Waals surface area contributed by atoms with E-state index in [2.05, 4.69) is 47.1 Å². The summed E-state index contributed by atoms with van der Waals surface area (Å²) in [6.45, 7) is 0.368. The number of halogens is 2. The van der Waals surface area contributed by atoms with Crippen molar-refractivity contribution >= 4 is 54.9 Å². The lowest BCUT2D eigenvalue weighted by Crippen LogP contribution is -2.12. The number of nitrogens with zero attached hydrogens (tertiary/aromatic N) is 2. The van der Waals surface area contributed by atoms with Crippen LogP contribution in [-0.4, -0.2) is 15.9 Å². The molecule has 3 aromatic rings. The highest BCUT2D eigenvalue weighted by Crippen LogP contribution is 2.33. The molecule has 0 fully saturated rings. The van der Waals surface area contributed by atoms with Gasteiger partial charge in [-0.25, -0.2) is 4.98 Å². The van der Waals surface area contributed by atoms with Crippen molar-refractivity contribution in [1.29, 1.82) is 0 Å². The maximum absolute atomic E-state index is 12.4. The molecule has 0 aliphatic rings. The molecular weight excluding hydrogens is 458 g/mol. The molecule has 0 aromatic carbocycles. The second-order valence-corrected chi connectivity index (χ2v) is 7.91. The third-order valence-corrected chi connectivity index (χ3v) is 6.27. The first-order valence-electron chi connectivity index (χ1n) is 6.86. The second-order valence-electron chi connectivity index (χ2n) is 4.68. The van der Waals surface area contributed by atoms with E-state index in [0.29, 0.717) is 23.1 Å². The van der Waals surface area contributed by atoms with Gasteiger partial charge in [0.05, 0.1) is 8.66 Å². The van der Waals surface area contributed by atoms with Crippen LogP contribution >= 0.6 is 43.2 Å². The van der Waals surface area contributed by atoms with E-state index in [4.69, 9.17) is 4.74 Å². The van der Waals surface area contributed by atoms with E-state index in [-0.39, 0.29) is 5.91 Å². The van der Waals surface area contributed by atoms with Crippen LogP contribution in [0.4, 0.5) is 5.82 Å². The molecule has 0 saturated heterocycles. The van der Waals surface area contributed by atoms with Gasteiger partial charge in [0.15, 0.2) is 11.6 Å². The van der Waals surface area contributed by atoms with Crippen LogP contribution < -0.4 is 10.1 Å². The summed E-state index contributed by atoms with van der Waals surface area (Å²) in [5.41, 5.74) is 0.984. The number of ether oxygens (including phenoxy) is 1. The molecule has 0 aliphatic carbocycles. The second kappa shape index (κ2) is 7.87. The highest BCUT2D eigenvalue weighted by Gasteiger charge is 2.15. The molecule has 122 valence electrons. The van der Waals surface area contributed by atoms with Crippen LogP contribution in [0.15, 0.2) is 57.2 Å². The van der Waals surface area contributed by atoms with Gasteiger partial charge in [0.2, 0.25) is 0 Å². The summed E-state index contributed by atoms with van der Waals surface area (Å²) in [5.74, 6) is 0.661. The molecule has 1 amide bonds. The SMILES string of the molecule is O=C(Nc1ncccc1OCc1ccncc1)c1cc(Br)c(Br)s1. The van der Waals surface area contributed by atoms with E-state index in [1.165, 1.54) is 11.3 Å². The molecule has 3 rings (SSSR count). The minimum atomic E-state index is -0.237. The maximum Gasteiger partial charge on any atom is 0.267 e. The summed E-state index contributed by atoms with van der Waals surface area (Å²) < 4.78 is 7.47. The van der Waals surface area contributed by atoms with Crippen molar-refractivity contribution in [2.45, 2.75) is 6.61 Å². The van der Waals surface area contributed by atoms with E-state index in [1.807, 2.05) is 12.1 Å². The van der Waals surface area contributed by atoms with Crippen LogP contribution in [0.2, 0.25) is 0 Å². The highest BCUT2D eigenvalue weighted by atomic mass is 79.9. The van der Waals surface area contributed by atoms with E-state index in [0.717, 1.165) is 13.8 Å². The zero-order valence-corrected chi connectivity index (χ0v) is 16.2. The number of thiophene rings is 1. The van der Waals surface area contributed by atoms with Gasteiger partial charge in [0.25, 0.3) is 5.91 Å². The number of rotatable bonds is 5. The monoisotopic (exact) mass is 467 g/mol. The van der Waals surface area contributed by atoms with E-state index in [1.54, 1.807) is 36.8 Å². The summed E-state index contributed by atoms with van der Waals surface area (Å²) in [5, 5.41) is 2.78. The van der Waals surface area contributed by atoms with Crippen molar-refractivity contribution in [1.82, 2.24) is 9.97 Å². The Morgan fingerprint density at radius 2 is 2.00 bits per heavy atom. The molecule has 24 heavy (non-hydrogen) atoms. The Morgan fingerprint density at radius 1 is 1.21 bits per heavy atom. The molecule has 0 bridgehead atoms. The Labute approximate surface area is 159 Å². The van der Waals surface area contributed by atoms with Crippen molar-refractivity contribution in [3.63, 3.8) is 0 Å². The molecule has 8 heteroatoms. The molecule has 0 radical (unpaired) electrons. The van der Waals surface area contributed by atoms with Gasteiger partial charge in [0.1, 0.15) is 6.61 Å². The predicted molar refractivity (Wildman–Crippen MR) is 100 cm³/mol.